The maximum atomic E-state index is 2.10. The van der Waals surface area contributed by atoms with E-state index >= 15 is 0 Å². The standard InChI is InChI=1S/C4H3S.Li.N/c1-2-4-5-3-1;;/h1-3H;;. The molecular formula is C4H3LiNS. The van der Waals surface area contributed by atoms with Gasteiger partial charge in [0.2, 0.25) is 0 Å². The van der Waals surface area contributed by atoms with Crippen LogP contribution in [0.1, 0.15) is 0 Å². The monoisotopic (exact) mass is 104 g/mol. The van der Waals surface area contributed by atoms with Crippen molar-refractivity contribution >= 4 is 32.6 Å². The van der Waals surface area contributed by atoms with Gasteiger partial charge in [-0.25, -0.2) is 0 Å². The van der Waals surface area contributed by atoms with Gasteiger partial charge in [-0.3, -0.25) is 0 Å². The van der Waals surface area contributed by atoms with Crippen molar-refractivity contribution in [3.8, 4) is 0 Å². The Hall–Kier alpha value is 0.257. The molecule has 1 aromatic heterocycles. The number of hydrogen-bond donors (Lipinski definition) is 0. The quantitative estimate of drug-likeness (QED) is 0.417. The molecule has 0 aliphatic carbocycles. The van der Waals surface area contributed by atoms with Crippen LogP contribution in [0.5, 0.6) is 0 Å². The van der Waals surface area contributed by atoms with Gasteiger partial charge in [0.25, 0.3) is 0 Å². The van der Waals surface area contributed by atoms with E-state index < -0.39 is 0 Å². The molecule has 0 aliphatic heterocycles. The predicted octanol–water partition coefficient (Wildman–Crippen LogP) is 0.0613. The molecule has 0 amide bonds. The van der Waals surface area contributed by atoms with E-state index in [1.54, 1.807) is 11.3 Å². The summed E-state index contributed by atoms with van der Waals surface area (Å²) < 4.78 is 1.38. The molecule has 1 aromatic rings. The fourth-order valence-corrected chi connectivity index (χ4v) is 0.890. The average molecular weight is 104 g/mol. The Bertz CT molecular complexity index is 115. The van der Waals surface area contributed by atoms with Gasteiger partial charge in [0.1, 0.15) is 0 Å². The third-order valence-corrected chi connectivity index (χ3v) is 1.46. The fraction of sp³-hybridized carbons (Fsp3) is 0. The second-order valence-electron chi connectivity index (χ2n) is 1.22. The van der Waals surface area contributed by atoms with Crippen LogP contribution in [-0.2, 0) is 0 Å². The summed E-state index contributed by atoms with van der Waals surface area (Å²) in [6.45, 7) is 0. The normalized spacial score (nSPS) is 7.71. The van der Waals surface area contributed by atoms with Crippen LogP contribution >= 0.6 is 11.3 Å². The van der Waals surface area contributed by atoms with Gasteiger partial charge in [-0.1, -0.05) is 0 Å². The SMILES string of the molecule is [Li][c]1cccs1.[N]. The largest absolute Gasteiger partial charge is 0 e. The van der Waals surface area contributed by atoms with Gasteiger partial charge in [-0.15, -0.1) is 0 Å². The first-order chi connectivity index (χ1) is 2.89. The van der Waals surface area contributed by atoms with Crippen molar-refractivity contribution in [2.24, 2.45) is 0 Å². The molecule has 1 rings (SSSR count). The van der Waals surface area contributed by atoms with Crippen LogP contribution in [-0.4, -0.2) is 17.7 Å². The molecule has 0 atom stereocenters. The minimum absolute atomic E-state index is 0. The second-order valence-corrected chi connectivity index (χ2v) is 2.38. The molecule has 3 heteroatoms. The van der Waals surface area contributed by atoms with Crippen molar-refractivity contribution in [3.63, 3.8) is 0 Å². The van der Waals surface area contributed by atoms with Crippen LogP contribution in [0.2, 0.25) is 0 Å². The molecular weight excluding hydrogens is 101 g/mol. The Morgan fingerprint density at radius 2 is 2.29 bits per heavy atom. The fourth-order valence-electron chi connectivity index (χ4n) is 0.361. The van der Waals surface area contributed by atoms with Gasteiger partial charge >= 0.3 is 50.1 Å². The molecule has 3 radical (unpaired) electrons. The minimum atomic E-state index is 0. The van der Waals surface area contributed by atoms with Crippen molar-refractivity contribution in [2.45, 2.75) is 0 Å². The Labute approximate surface area is 56.5 Å². The van der Waals surface area contributed by atoms with E-state index in [9.17, 15) is 0 Å². The summed E-state index contributed by atoms with van der Waals surface area (Å²) in [5.74, 6) is 0. The first-order valence-corrected chi connectivity index (χ1v) is 2.77. The van der Waals surface area contributed by atoms with Crippen LogP contribution < -0.4 is 9.70 Å². The molecule has 0 N–H and O–H groups in total. The average Bonchev–Trinajstić information content (AvgIpc) is 1.86. The molecule has 0 saturated carbocycles. The molecule has 1 heterocycles. The third-order valence-electron chi connectivity index (χ3n) is 0.663. The van der Waals surface area contributed by atoms with Crippen LogP contribution in [0, 0.1) is 0 Å². The number of hydrogen-bond acceptors (Lipinski definition) is 1. The van der Waals surface area contributed by atoms with E-state index in [-0.39, 0.29) is 6.15 Å². The molecule has 0 fully saturated rings. The maximum Gasteiger partial charge on any atom is 0 e. The van der Waals surface area contributed by atoms with Gasteiger partial charge < -0.3 is 0 Å². The Balaban J connectivity index is 0.000000360. The summed E-state index contributed by atoms with van der Waals surface area (Å²) in [6.07, 6.45) is 0. The molecule has 1 nitrogen and oxygen atoms in total. The van der Waals surface area contributed by atoms with Crippen LogP contribution in [0.3, 0.4) is 0 Å². The number of thiophene rings is 1. The van der Waals surface area contributed by atoms with Gasteiger partial charge in [-0.05, 0) is 0 Å². The summed E-state index contributed by atoms with van der Waals surface area (Å²) in [5.41, 5.74) is 0. The van der Waals surface area contributed by atoms with Crippen molar-refractivity contribution in [3.05, 3.63) is 17.5 Å². The van der Waals surface area contributed by atoms with Crippen molar-refractivity contribution in [1.29, 1.82) is 0 Å². The zero-order chi connectivity index (χ0) is 4.41. The van der Waals surface area contributed by atoms with E-state index in [1.807, 2.05) is 0 Å². The van der Waals surface area contributed by atoms with Crippen molar-refractivity contribution in [1.82, 2.24) is 6.15 Å². The van der Waals surface area contributed by atoms with Gasteiger partial charge in [-0.2, -0.15) is 0 Å². The summed E-state index contributed by atoms with van der Waals surface area (Å²) in [5, 5.41) is 2.08. The zero-order valence-electron chi connectivity index (χ0n) is 4.09. The van der Waals surface area contributed by atoms with Crippen LogP contribution in [0.4, 0.5) is 0 Å². The molecule has 0 bridgehead atoms. The van der Waals surface area contributed by atoms with Crippen molar-refractivity contribution < 1.29 is 0 Å². The van der Waals surface area contributed by atoms with Crippen molar-refractivity contribution in [2.75, 3.05) is 0 Å². The molecule has 0 unspecified atom stereocenters. The zero-order valence-corrected chi connectivity index (χ0v) is 4.90. The van der Waals surface area contributed by atoms with Crippen LogP contribution in [0.25, 0.3) is 0 Å². The minimum Gasteiger partial charge on any atom is 0 e. The first-order valence-electron chi connectivity index (χ1n) is 1.90. The number of nitrogens with zero attached hydrogens (tertiary/aromatic N) is 1. The predicted molar refractivity (Wildman–Crippen MR) is 31.8 cm³/mol. The molecule has 0 spiro atoms. The molecule has 7 heavy (non-hydrogen) atoms. The molecule has 0 saturated heterocycles. The van der Waals surface area contributed by atoms with E-state index in [4.69, 9.17) is 0 Å². The third kappa shape index (κ3) is 2.15. The van der Waals surface area contributed by atoms with E-state index in [0.717, 1.165) is 0 Å². The van der Waals surface area contributed by atoms with Gasteiger partial charge in [0.15, 0.2) is 0 Å². The molecule has 0 aromatic carbocycles. The molecule has 0 aliphatic rings. The summed E-state index contributed by atoms with van der Waals surface area (Å²) in [6, 6.07) is 4.16. The maximum absolute atomic E-state index is 2.10. The summed E-state index contributed by atoms with van der Waals surface area (Å²) in [7, 11) is 0. The van der Waals surface area contributed by atoms with Crippen LogP contribution in [0.15, 0.2) is 17.5 Å². The number of rotatable bonds is 0. The van der Waals surface area contributed by atoms with E-state index in [1.165, 1.54) is 3.55 Å². The Morgan fingerprint density at radius 1 is 1.57 bits per heavy atom. The summed E-state index contributed by atoms with van der Waals surface area (Å²) >= 11 is 3.88. The van der Waals surface area contributed by atoms with E-state index in [0.29, 0.717) is 0 Å². The summed E-state index contributed by atoms with van der Waals surface area (Å²) in [4.78, 5) is 0. The van der Waals surface area contributed by atoms with E-state index in [2.05, 4.69) is 35.2 Å². The topological polar surface area (TPSA) is 30.5 Å². The van der Waals surface area contributed by atoms with Gasteiger partial charge in [0.05, 0.1) is 0 Å². The molecule has 31 valence electrons. The first kappa shape index (κ1) is 7.26. The van der Waals surface area contributed by atoms with Gasteiger partial charge in [0, 0.05) is 6.15 Å². The second kappa shape index (κ2) is 3.28. The smallest absolute Gasteiger partial charge is 0 e. The Kier molecular flexibility index (Phi) is 3.40. The Morgan fingerprint density at radius 3 is 2.43 bits per heavy atom.